The summed E-state index contributed by atoms with van der Waals surface area (Å²) >= 11 is 0. The van der Waals surface area contributed by atoms with E-state index in [0.29, 0.717) is 5.95 Å². The lowest BCUT2D eigenvalue weighted by atomic mass is 9.93. The molecule has 0 radical (unpaired) electrons. The fraction of sp³-hybridized carbons (Fsp3) is 0.593. The van der Waals surface area contributed by atoms with Gasteiger partial charge in [-0.1, -0.05) is 37.6 Å². The summed E-state index contributed by atoms with van der Waals surface area (Å²) < 4.78 is 2.10. The minimum absolute atomic E-state index is 0.193. The molecule has 0 spiro atoms. The Bertz CT molecular complexity index is 1100. The van der Waals surface area contributed by atoms with Gasteiger partial charge in [0.05, 0.1) is 17.5 Å². The number of fused-ring (bicyclic) bond motifs is 1. The first-order valence-electron chi connectivity index (χ1n) is 13.3. The van der Waals surface area contributed by atoms with Gasteiger partial charge in [-0.2, -0.15) is 10.1 Å². The van der Waals surface area contributed by atoms with E-state index in [1.165, 1.54) is 5.56 Å². The molecule has 188 valence electrons. The standard InChI is InChI=1S/C27H39N7O/c1-3-4-13-28-27-29-18-24-25(31-34(26(24)30-27)22-9-11-23(35)12-10-22)21-7-5-20(6-8-21)19-33-16-14-32(2)15-17-33/h5-8,18,22-23,35H,3-4,9-17,19H2,1-2H3,(H,28,29,30)/t22-,23-. The van der Waals surface area contributed by atoms with Crippen LogP contribution in [0.4, 0.5) is 5.95 Å². The molecule has 2 fully saturated rings. The Morgan fingerprint density at radius 2 is 1.77 bits per heavy atom. The monoisotopic (exact) mass is 477 g/mol. The van der Waals surface area contributed by atoms with Crippen LogP contribution >= 0.6 is 0 Å². The lowest BCUT2D eigenvalue weighted by molar-refractivity contribution is 0.109. The number of hydrogen-bond donors (Lipinski definition) is 2. The first-order chi connectivity index (χ1) is 17.1. The number of rotatable bonds is 8. The average molecular weight is 478 g/mol. The minimum atomic E-state index is -0.193. The van der Waals surface area contributed by atoms with E-state index in [-0.39, 0.29) is 12.1 Å². The number of aromatic nitrogens is 4. The number of likely N-dealkylation sites (N-methyl/N-ethyl adjacent to an activating group) is 1. The highest BCUT2D eigenvalue weighted by Gasteiger charge is 2.25. The molecule has 1 aliphatic carbocycles. The molecule has 0 atom stereocenters. The third-order valence-electron chi connectivity index (χ3n) is 7.50. The van der Waals surface area contributed by atoms with Crippen LogP contribution in [-0.2, 0) is 6.54 Å². The molecule has 3 heterocycles. The number of hydrogen-bond acceptors (Lipinski definition) is 7. The second-order valence-corrected chi connectivity index (χ2v) is 10.2. The summed E-state index contributed by atoms with van der Waals surface area (Å²) in [5.41, 5.74) is 4.26. The number of nitrogens with zero attached hydrogens (tertiary/aromatic N) is 6. The quantitative estimate of drug-likeness (QED) is 0.476. The van der Waals surface area contributed by atoms with Gasteiger partial charge in [-0.05, 0) is 44.7 Å². The van der Waals surface area contributed by atoms with Crippen molar-refractivity contribution in [3.8, 4) is 11.3 Å². The number of unbranched alkanes of at least 4 members (excludes halogenated alkanes) is 1. The lowest BCUT2D eigenvalue weighted by Crippen LogP contribution is -2.43. The van der Waals surface area contributed by atoms with Gasteiger partial charge in [0.25, 0.3) is 0 Å². The van der Waals surface area contributed by atoms with Crippen molar-refractivity contribution in [3.05, 3.63) is 36.0 Å². The minimum Gasteiger partial charge on any atom is -0.393 e. The van der Waals surface area contributed by atoms with Crippen molar-refractivity contribution in [2.24, 2.45) is 0 Å². The molecule has 1 aliphatic heterocycles. The molecule has 3 aromatic rings. The molecule has 1 saturated carbocycles. The molecule has 8 heteroatoms. The molecular weight excluding hydrogens is 438 g/mol. The molecule has 0 bridgehead atoms. The third-order valence-corrected chi connectivity index (χ3v) is 7.50. The van der Waals surface area contributed by atoms with Gasteiger partial charge in [0.2, 0.25) is 5.95 Å². The third kappa shape index (κ3) is 5.66. The van der Waals surface area contributed by atoms with Crippen molar-refractivity contribution < 1.29 is 5.11 Å². The highest BCUT2D eigenvalue weighted by atomic mass is 16.3. The number of piperazine rings is 1. The van der Waals surface area contributed by atoms with Gasteiger partial charge in [-0.25, -0.2) is 9.67 Å². The molecule has 5 rings (SSSR count). The van der Waals surface area contributed by atoms with Gasteiger partial charge >= 0.3 is 0 Å². The summed E-state index contributed by atoms with van der Waals surface area (Å²) in [6.45, 7) is 8.55. The Morgan fingerprint density at radius 1 is 1.03 bits per heavy atom. The zero-order chi connectivity index (χ0) is 24.2. The van der Waals surface area contributed by atoms with E-state index in [9.17, 15) is 5.11 Å². The van der Waals surface area contributed by atoms with Crippen LogP contribution < -0.4 is 5.32 Å². The van der Waals surface area contributed by atoms with E-state index in [1.807, 2.05) is 6.20 Å². The molecule has 35 heavy (non-hydrogen) atoms. The molecule has 2 aromatic heterocycles. The number of benzene rings is 1. The van der Waals surface area contributed by atoms with E-state index >= 15 is 0 Å². The van der Waals surface area contributed by atoms with Crippen molar-refractivity contribution in [2.75, 3.05) is 45.1 Å². The SMILES string of the molecule is CCCCNc1ncc2c(-c3ccc(CN4CCN(C)CC4)cc3)nn([C@H]3CC[C@H](O)CC3)c2n1. The van der Waals surface area contributed by atoms with E-state index in [4.69, 9.17) is 10.1 Å². The summed E-state index contributed by atoms with van der Waals surface area (Å²) in [6, 6.07) is 9.10. The van der Waals surface area contributed by atoms with Crippen molar-refractivity contribution in [2.45, 2.75) is 64.1 Å². The fourth-order valence-corrected chi connectivity index (χ4v) is 5.19. The zero-order valence-corrected chi connectivity index (χ0v) is 21.2. The molecule has 1 saturated heterocycles. The summed E-state index contributed by atoms with van der Waals surface area (Å²) in [6.07, 6.45) is 7.42. The second-order valence-electron chi connectivity index (χ2n) is 10.2. The van der Waals surface area contributed by atoms with Gasteiger partial charge < -0.3 is 15.3 Å². The Morgan fingerprint density at radius 3 is 2.49 bits per heavy atom. The second kappa shape index (κ2) is 11.0. The molecule has 2 aliphatic rings. The first-order valence-corrected chi connectivity index (χ1v) is 13.3. The van der Waals surface area contributed by atoms with Crippen molar-refractivity contribution in [1.29, 1.82) is 0 Å². The van der Waals surface area contributed by atoms with Gasteiger partial charge in [0.1, 0.15) is 5.69 Å². The molecule has 8 nitrogen and oxygen atoms in total. The van der Waals surface area contributed by atoms with Gasteiger partial charge in [-0.3, -0.25) is 4.90 Å². The van der Waals surface area contributed by atoms with Gasteiger partial charge in [0, 0.05) is 51.0 Å². The van der Waals surface area contributed by atoms with Crippen LogP contribution in [0.1, 0.15) is 57.1 Å². The maximum atomic E-state index is 10.0. The highest BCUT2D eigenvalue weighted by Crippen LogP contribution is 2.34. The largest absolute Gasteiger partial charge is 0.393 e. The van der Waals surface area contributed by atoms with Crippen LogP contribution in [0, 0.1) is 0 Å². The molecule has 0 amide bonds. The number of aliphatic hydroxyl groups is 1. The summed E-state index contributed by atoms with van der Waals surface area (Å²) in [4.78, 5) is 14.4. The Labute approximate surface area is 208 Å². The van der Waals surface area contributed by atoms with E-state index in [1.54, 1.807) is 0 Å². The van der Waals surface area contributed by atoms with Gasteiger partial charge in [-0.15, -0.1) is 0 Å². The number of aliphatic hydroxyl groups excluding tert-OH is 1. The average Bonchev–Trinajstić information content (AvgIpc) is 3.25. The Hall–Kier alpha value is -2.55. The summed E-state index contributed by atoms with van der Waals surface area (Å²) in [5, 5.41) is 19.5. The number of nitrogens with one attached hydrogen (secondary N) is 1. The Kier molecular flexibility index (Phi) is 7.60. The van der Waals surface area contributed by atoms with E-state index in [0.717, 1.165) is 100 Å². The Balaban J connectivity index is 1.41. The summed E-state index contributed by atoms with van der Waals surface area (Å²) in [5.74, 6) is 0.664. The molecular formula is C27H39N7O. The first kappa shape index (κ1) is 24.2. The zero-order valence-electron chi connectivity index (χ0n) is 21.2. The van der Waals surface area contributed by atoms with Crippen molar-refractivity contribution >= 4 is 17.0 Å². The molecule has 1 aromatic carbocycles. The van der Waals surface area contributed by atoms with Crippen LogP contribution in [0.3, 0.4) is 0 Å². The van der Waals surface area contributed by atoms with Crippen LogP contribution in [0.2, 0.25) is 0 Å². The molecule has 2 N–H and O–H groups in total. The van der Waals surface area contributed by atoms with Crippen LogP contribution in [-0.4, -0.2) is 80.5 Å². The lowest BCUT2D eigenvalue weighted by Gasteiger charge is -2.32. The van der Waals surface area contributed by atoms with Gasteiger partial charge in [0.15, 0.2) is 5.65 Å². The van der Waals surface area contributed by atoms with Crippen LogP contribution in [0.25, 0.3) is 22.3 Å². The topological polar surface area (TPSA) is 82.3 Å². The fourth-order valence-electron chi connectivity index (χ4n) is 5.19. The normalized spacial score (nSPS) is 22.0. The highest BCUT2D eigenvalue weighted by molar-refractivity contribution is 5.91. The number of anilines is 1. The summed E-state index contributed by atoms with van der Waals surface area (Å²) in [7, 11) is 2.19. The van der Waals surface area contributed by atoms with Crippen LogP contribution in [0.5, 0.6) is 0 Å². The van der Waals surface area contributed by atoms with E-state index < -0.39 is 0 Å². The maximum Gasteiger partial charge on any atom is 0.224 e. The van der Waals surface area contributed by atoms with Crippen molar-refractivity contribution in [1.82, 2.24) is 29.5 Å². The van der Waals surface area contributed by atoms with E-state index in [2.05, 4.69) is 63.0 Å². The predicted octanol–water partition coefficient (Wildman–Crippen LogP) is 3.93. The molecule has 0 unspecified atom stereocenters. The maximum absolute atomic E-state index is 10.0. The predicted molar refractivity (Wildman–Crippen MR) is 140 cm³/mol. The smallest absolute Gasteiger partial charge is 0.224 e. The van der Waals surface area contributed by atoms with Crippen LogP contribution in [0.15, 0.2) is 30.5 Å². The van der Waals surface area contributed by atoms with Crippen molar-refractivity contribution in [3.63, 3.8) is 0 Å².